The maximum absolute atomic E-state index is 12.9. The van der Waals surface area contributed by atoms with Gasteiger partial charge in [0.25, 0.3) is 0 Å². The van der Waals surface area contributed by atoms with Crippen molar-refractivity contribution in [2.24, 2.45) is 0 Å². The molecule has 0 unspecified atom stereocenters. The molecule has 1 heterocycles. The van der Waals surface area contributed by atoms with Gasteiger partial charge in [-0.15, -0.1) is 0 Å². The van der Waals surface area contributed by atoms with Crippen molar-refractivity contribution in [3.63, 3.8) is 0 Å². The molecule has 0 bridgehead atoms. The molecule has 2 aromatic rings. The molecule has 15 heteroatoms. The van der Waals surface area contributed by atoms with Gasteiger partial charge in [0, 0.05) is 5.69 Å². The molecule has 136 valence electrons. The second-order valence-corrected chi connectivity index (χ2v) is 7.56. The SMILES string of the molecule is O=S(=O)([O-])OCCS(=O)(=O)c1ccc(Nc2nc(F)nc(F)n2)cc1.[Na+]. The van der Waals surface area contributed by atoms with E-state index in [2.05, 4.69) is 24.5 Å². The van der Waals surface area contributed by atoms with Gasteiger partial charge in [0.15, 0.2) is 9.84 Å². The van der Waals surface area contributed by atoms with Crippen LogP contribution in [-0.4, -0.2) is 48.7 Å². The first-order valence-electron chi connectivity index (χ1n) is 6.32. The van der Waals surface area contributed by atoms with Gasteiger partial charge in [-0.05, 0) is 24.3 Å². The molecule has 1 aromatic heterocycles. The molecule has 0 aliphatic carbocycles. The third-order valence-electron chi connectivity index (χ3n) is 2.63. The number of nitrogens with zero attached hydrogens (tertiary/aromatic N) is 3. The molecule has 0 spiro atoms. The van der Waals surface area contributed by atoms with E-state index >= 15 is 0 Å². The van der Waals surface area contributed by atoms with Gasteiger partial charge < -0.3 is 9.87 Å². The Morgan fingerprint density at radius 1 is 1.00 bits per heavy atom. The molecule has 0 amide bonds. The first-order chi connectivity index (χ1) is 11.5. The summed E-state index contributed by atoms with van der Waals surface area (Å²) in [6.45, 7) is -0.822. The van der Waals surface area contributed by atoms with E-state index in [9.17, 15) is 30.2 Å². The van der Waals surface area contributed by atoms with Crippen molar-refractivity contribution in [2.45, 2.75) is 4.90 Å². The Kier molecular flexibility index (Phi) is 7.94. The summed E-state index contributed by atoms with van der Waals surface area (Å²) in [5, 5.41) is 2.44. The minimum atomic E-state index is -4.98. The minimum absolute atomic E-state index is 0. The summed E-state index contributed by atoms with van der Waals surface area (Å²) in [6.07, 6.45) is -2.66. The minimum Gasteiger partial charge on any atom is -0.726 e. The van der Waals surface area contributed by atoms with Gasteiger partial charge >= 0.3 is 41.7 Å². The number of hydrogen-bond donors (Lipinski definition) is 1. The van der Waals surface area contributed by atoms with Crippen LogP contribution in [-0.2, 0) is 24.4 Å². The predicted octanol–water partition coefficient (Wildman–Crippen LogP) is -2.85. The van der Waals surface area contributed by atoms with E-state index < -0.39 is 50.7 Å². The summed E-state index contributed by atoms with van der Waals surface area (Å²) in [4.78, 5) is 8.94. The number of nitrogens with one attached hydrogen (secondary N) is 1. The van der Waals surface area contributed by atoms with Crippen LogP contribution in [0.15, 0.2) is 29.2 Å². The zero-order valence-electron chi connectivity index (χ0n) is 13.1. The molecule has 0 radical (unpaired) electrons. The van der Waals surface area contributed by atoms with Gasteiger partial charge in [0.2, 0.25) is 16.3 Å². The van der Waals surface area contributed by atoms with Crippen LogP contribution in [0, 0.1) is 12.2 Å². The third kappa shape index (κ3) is 7.14. The van der Waals surface area contributed by atoms with E-state index in [0.29, 0.717) is 0 Å². The smallest absolute Gasteiger partial charge is 0.726 e. The molecule has 1 N–H and O–H groups in total. The van der Waals surface area contributed by atoms with Crippen LogP contribution in [0.25, 0.3) is 0 Å². The Morgan fingerprint density at radius 2 is 1.54 bits per heavy atom. The Balaban J connectivity index is 0.00000338. The molecule has 0 aliphatic heterocycles. The van der Waals surface area contributed by atoms with Crippen LogP contribution in [0.5, 0.6) is 0 Å². The molecule has 0 aliphatic rings. The molecule has 0 atom stereocenters. The Bertz CT molecular complexity index is 952. The number of aromatic nitrogens is 3. The largest absolute Gasteiger partial charge is 1.00 e. The van der Waals surface area contributed by atoms with Gasteiger partial charge in [-0.2, -0.15) is 23.7 Å². The van der Waals surface area contributed by atoms with Gasteiger partial charge in [-0.3, -0.25) is 4.18 Å². The maximum Gasteiger partial charge on any atom is 1.00 e. The van der Waals surface area contributed by atoms with E-state index in [0.717, 1.165) is 12.1 Å². The standard InChI is InChI=1S/C11H10F2N4O6S2.Na/c12-9-15-10(13)17-11(16-9)14-7-1-3-8(4-2-7)24(18,19)6-5-23-25(20,21)22;/h1-4H,5-6H2,(H,20,21,22)(H,14,15,16,17);/q;+1/p-1. The summed E-state index contributed by atoms with van der Waals surface area (Å²) in [7, 11) is -8.88. The topological polar surface area (TPSA) is 151 Å². The van der Waals surface area contributed by atoms with Gasteiger partial charge in [-0.1, -0.05) is 0 Å². The number of sulfone groups is 1. The predicted molar refractivity (Wildman–Crippen MR) is 77.2 cm³/mol. The molecule has 10 nitrogen and oxygen atoms in total. The average Bonchev–Trinajstić information content (AvgIpc) is 2.45. The van der Waals surface area contributed by atoms with Gasteiger partial charge in [-0.25, -0.2) is 16.8 Å². The number of halogens is 2. The maximum atomic E-state index is 12.9. The molecule has 1 aromatic carbocycles. The van der Waals surface area contributed by atoms with Crippen LogP contribution < -0.4 is 34.9 Å². The van der Waals surface area contributed by atoms with Crippen LogP contribution in [0.4, 0.5) is 20.4 Å². The second-order valence-electron chi connectivity index (χ2n) is 4.40. The first kappa shape index (κ1) is 22.8. The van der Waals surface area contributed by atoms with E-state index in [4.69, 9.17) is 0 Å². The van der Waals surface area contributed by atoms with Crippen molar-refractivity contribution >= 4 is 31.9 Å². The monoisotopic (exact) mass is 418 g/mol. The van der Waals surface area contributed by atoms with Crippen molar-refractivity contribution in [3.8, 4) is 0 Å². The molecular weight excluding hydrogens is 409 g/mol. The third-order valence-corrected chi connectivity index (χ3v) is 4.78. The summed E-state index contributed by atoms with van der Waals surface area (Å²) < 4.78 is 84.3. The zero-order valence-corrected chi connectivity index (χ0v) is 16.7. The molecule has 0 saturated heterocycles. The molecule has 0 fully saturated rings. The van der Waals surface area contributed by atoms with Crippen LogP contribution >= 0.6 is 0 Å². The number of benzene rings is 1. The fourth-order valence-electron chi connectivity index (χ4n) is 1.62. The summed E-state index contributed by atoms with van der Waals surface area (Å²) >= 11 is 0. The number of hydrogen-bond acceptors (Lipinski definition) is 10. The van der Waals surface area contributed by atoms with Crippen LogP contribution in [0.3, 0.4) is 0 Å². The Morgan fingerprint density at radius 3 is 2.04 bits per heavy atom. The van der Waals surface area contributed by atoms with Crippen LogP contribution in [0.2, 0.25) is 0 Å². The normalized spacial score (nSPS) is 11.7. The van der Waals surface area contributed by atoms with E-state index in [-0.39, 0.29) is 40.1 Å². The van der Waals surface area contributed by atoms with Crippen LogP contribution in [0.1, 0.15) is 0 Å². The van der Waals surface area contributed by atoms with E-state index in [1.54, 1.807) is 0 Å². The average molecular weight is 418 g/mol. The Hall–Kier alpha value is -1.29. The summed E-state index contributed by atoms with van der Waals surface area (Å²) in [5.41, 5.74) is 0.224. The van der Waals surface area contributed by atoms with Crippen molar-refractivity contribution in [3.05, 3.63) is 36.4 Å². The molecule has 2 rings (SSSR count). The fourth-order valence-corrected chi connectivity index (χ4v) is 3.10. The molecular formula is C11H9F2N4NaO6S2. The fraction of sp³-hybridized carbons (Fsp3) is 0.182. The summed E-state index contributed by atoms with van der Waals surface area (Å²) in [5.74, 6) is -1.15. The van der Waals surface area contributed by atoms with Crippen molar-refractivity contribution in [1.82, 2.24) is 15.0 Å². The van der Waals surface area contributed by atoms with Gasteiger partial charge in [0.05, 0.1) is 17.3 Å². The Labute approximate surface area is 169 Å². The van der Waals surface area contributed by atoms with E-state index in [1.165, 1.54) is 12.1 Å². The zero-order chi connectivity index (χ0) is 18.7. The molecule has 26 heavy (non-hydrogen) atoms. The summed E-state index contributed by atoms with van der Waals surface area (Å²) in [6, 6.07) is 4.82. The molecule has 0 saturated carbocycles. The number of rotatable bonds is 7. The second kappa shape index (κ2) is 9.07. The number of anilines is 2. The van der Waals surface area contributed by atoms with Crippen molar-refractivity contribution in [2.75, 3.05) is 17.7 Å². The van der Waals surface area contributed by atoms with Crippen molar-refractivity contribution in [1.29, 1.82) is 0 Å². The van der Waals surface area contributed by atoms with E-state index in [1.807, 2.05) is 0 Å². The van der Waals surface area contributed by atoms with Gasteiger partial charge in [0.1, 0.15) is 0 Å². The van der Waals surface area contributed by atoms with Crippen molar-refractivity contribution < 1.29 is 63.9 Å². The first-order valence-corrected chi connectivity index (χ1v) is 9.31. The quantitative estimate of drug-likeness (QED) is 0.283.